The van der Waals surface area contributed by atoms with E-state index in [0.29, 0.717) is 10.5 Å². The van der Waals surface area contributed by atoms with E-state index in [1.54, 1.807) is 30.3 Å². The topological polar surface area (TPSA) is 57.6 Å². The van der Waals surface area contributed by atoms with E-state index in [-0.39, 0.29) is 13.1 Å². The van der Waals surface area contributed by atoms with Crippen molar-refractivity contribution in [3.63, 3.8) is 0 Å². The summed E-state index contributed by atoms with van der Waals surface area (Å²) in [5, 5.41) is 9.22. The summed E-state index contributed by atoms with van der Waals surface area (Å²) >= 11 is 0. The number of hydrogen-bond acceptors (Lipinski definition) is 2. The van der Waals surface area contributed by atoms with E-state index in [1.165, 1.54) is 0 Å². The maximum atomic E-state index is 12.2. The van der Waals surface area contributed by atoms with E-state index in [4.69, 9.17) is 0 Å². The monoisotopic (exact) mass is 287 g/mol. The van der Waals surface area contributed by atoms with Gasteiger partial charge in [0.1, 0.15) is 0 Å². The molecule has 1 saturated heterocycles. The average molecular weight is 287 g/mol. The Balaban J connectivity index is 2.06. The Morgan fingerprint density at radius 2 is 1.75 bits per heavy atom. The van der Waals surface area contributed by atoms with Crippen LogP contribution in [0.4, 0.5) is 13.2 Å². The highest BCUT2D eigenvalue weighted by atomic mass is 19.4. The van der Waals surface area contributed by atoms with Gasteiger partial charge in [-0.2, -0.15) is 13.2 Å². The molecule has 1 fully saturated rings. The smallest absolute Gasteiger partial charge is 0.471 e. The minimum atomic E-state index is -4.91. The van der Waals surface area contributed by atoms with Crippen LogP contribution in [0, 0.1) is 5.92 Å². The number of halogens is 3. The van der Waals surface area contributed by atoms with Crippen molar-refractivity contribution < 1.29 is 27.9 Å². The minimum Gasteiger partial charge on any atom is -0.481 e. The predicted molar refractivity (Wildman–Crippen MR) is 62.9 cm³/mol. The van der Waals surface area contributed by atoms with Crippen molar-refractivity contribution in [1.82, 2.24) is 4.90 Å². The molecule has 0 bridgehead atoms. The molecule has 0 radical (unpaired) electrons. The Bertz CT molecular complexity index is 509. The third-order valence-electron chi connectivity index (χ3n) is 3.34. The highest BCUT2D eigenvalue weighted by Gasteiger charge is 2.49. The van der Waals surface area contributed by atoms with Crippen LogP contribution in [0.25, 0.3) is 0 Å². The number of carboxylic acids is 1. The quantitative estimate of drug-likeness (QED) is 0.923. The number of hydrogen-bond donors (Lipinski definition) is 1. The van der Waals surface area contributed by atoms with Crippen molar-refractivity contribution in [2.75, 3.05) is 13.1 Å². The van der Waals surface area contributed by atoms with Gasteiger partial charge in [0.05, 0.1) is 5.92 Å². The summed E-state index contributed by atoms with van der Waals surface area (Å²) in [5.41, 5.74) is 0.532. The summed E-state index contributed by atoms with van der Waals surface area (Å²) in [6.45, 7) is -0.381. The van der Waals surface area contributed by atoms with Gasteiger partial charge in [-0.3, -0.25) is 9.59 Å². The van der Waals surface area contributed by atoms with Crippen LogP contribution in [-0.4, -0.2) is 41.1 Å². The van der Waals surface area contributed by atoms with Gasteiger partial charge in [0.25, 0.3) is 0 Å². The number of likely N-dealkylation sites (tertiary alicyclic amines) is 1. The number of aliphatic carboxylic acids is 1. The molecule has 4 nitrogen and oxygen atoms in total. The standard InChI is InChI=1S/C13H12F3NO3/c14-13(15,16)12(20)17-6-9(7-17)10(11(18)19)8-4-2-1-3-5-8/h1-5,9-10H,6-7H2,(H,18,19). The fourth-order valence-corrected chi connectivity index (χ4v) is 2.35. The third-order valence-corrected chi connectivity index (χ3v) is 3.34. The first kappa shape index (κ1) is 14.4. The summed E-state index contributed by atoms with van der Waals surface area (Å²) in [5.74, 6) is -4.40. The summed E-state index contributed by atoms with van der Waals surface area (Å²) in [7, 11) is 0. The molecular weight excluding hydrogens is 275 g/mol. The van der Waals surface area contributed by atoms with Gasteiger partial charge >= 0.3 is 18.1 Å². The number of amides is 1. The Morgan fingerprint density at radius 3 is 2.20 bits per heavy atom. The van der Waals surface area contributed by atoms with Gasteiger partial charge in [0.2, 0.25) is 0 Å². The second-order valence-corrected chi connectivity index (χ2v) is 4.69. The zero-order valence-electron chi connectivity index (χ0n) is 10.3. The molecular formula is C13H12F3NO3. The SMILES string of the molecule is O=C(O)C(c1ccccc1)C1CN(C(=O)C(F)(F)F)C1. The molecule has 1 aliphatic rings. The number of carbonyl (C=O) groups excluding carboxylic acids is 1. The van der Waals surface area contributed by atoms with E-state index in [9.17, 15) is 27.9 Å². The first-order chi connectivity index (χ1) is 9.30. The summed E-state index contributed by atoms with van der Waals surface area (Å²) in [6, 6.07) is 8.30. The summed E-state index contributed by atoms with van der Waals surface area (Å²) in [6.07, 6.45) is -4.91. The largest absolute Gasteiger partial charge is 0.481 e. The number of alkyl halides is 3. The van der Waals surface area contributed by atoms with E-state index in [1.807, 2.05) is 0 Å². The lowest BCUT2D eigenvalue weighted by molar-refractivity contribution is -0.192. The van der Waals surface area contributed by atoms with E-state index < -0.39 is 29.9 Å². The maximum Gasteiger partial charge on any atom is 0.471 e. The number of nitrogens with zero attached hydrogens (tertiary/aromatic N) is 1. The molecule has 1 amide bonds. The van der Waals surface area contributed by atoms with Crippen molar-refractivity contribution >= 4 is 11.9 Å². The van der Waals surface area contributed by atoms with Crippen molar-refractivity contribution in [3.05, 3.63) is 35.9 Å². The van der Waals surface area contributed by atoms with Crippen LogP contribution in [-0.2, 0) is 9.59 Å². The van der Waals surface area contributed by atoms with Crippen LogP contribution in [0.2, 0.25) is 0 Å². The van der Waals surface area contributed by atoms with E-state index in [2.05, 4.69) is 0 Å². The van der Waals surface area contributed by atoms with Crippen molar-refractivity contribution in [2.24, 2.45) is 5.92 Å². The van der Waals surface area contributed by atoms with Crippen LogP contribution in [0.1, 0.15) is 11.5 Å². The van der Waals surface area contributed by atoms with Gasteiger partial charge in [0.15, 0.2) is 0 Å². The number of rotatable bonds is 3. The lowest BCUT2D eigenvalue weighted by Crippen LogP contribution is -2.56. The molecule has 1 heterocycles. The summed E-state index contributed by atoms with van der Waals surface area (Å²) in [4.78, 5) is 22.9. The van der Waals surface area contributed by atoms with Crippen LogP contribution in [0.3, 0.4) is 0 Å². The van der Waals surface area contributed by atoms with Crippen LogP contribution in [0.5, 0.6) is 0 Å². The number of benzene rings is 1. The molecule has 0 aromatic heterocycles. The molecule has 1 aromatic rings. The number of carboxylic acid groups (broad SMARTS) is 1. The van der Waals surface area contributed by atoms with E-state index in [0.717, 1.165) is 0 Å². The van der Waals surface area contributed by atoms with Gasteiger partial charge in [-0.15, -0.1) is 0 Å². The Hall–Kier alpha value is -2.05. The molecule has 0 spiro atoms. The van der Waals surface area contributed by atoms with Gasteiger partial charge in [-0.1, -0.05) is 30.3 Å². The molecule has 7 heteroatoms. The van der Waals surface area contributed by atoms with Crippen LogP contribution in [0.15, 0.2) is 30.3 Å². The highest BCUT2D eigenvalue weighted by molar-refractivity contribution is 5.83. The minimum absolute atomic E-state index is 0.190. The van der Waals surface area contributed by atoms with Gasteiger partial charge in [-0.05, 0) is 5.56 Å². The Kier molecular flexibility index (Phi) is 3.69. The fraction of sp³-hybridized carbons (Fsp3) is 0.385. The van der Waals surface area contributed by atoms with Crippen molar-refractivity contribution in [1.29, 1.82) is 0 Å². The van der Waals surface area contributed by atoms with Crippen LogP contribution >= 0.6 is 0 Å². The van der Waals surface area contributed by atoms with Gasteiger partial charge < -0.3 is 10.0 Å². The maximum absolute atomic E-state index is 12.2. The highest BCUT2D eigenvalue weighted by Crippen LogP contribution is 2.34. The zero-order valence-corrected chi connectivity index (χ0v) is 10.3. The normalized spacial score (nSPS) is 17.4. The molecule has 1 unspecified atom stereocenters. The first-order valence-electron chi connectivity index (χ1n) is 5.94. The average Bonchev–Trinajstić information content (AvgIpc) is 2.31. The molecule has 0 saturated carbocycles. The lowest BCUT2D eigenvalue weighted by Gasteiger charge is -2.42. The number of carbonyl (C=O) groups is 2. The molecule has 20 heavy (non-hydrogen) atoms. The molecule has 1 atom stereocenters. The molecule has 0 aliphatic carbocycles. The molecule has 1 aromatic carbocycles. The Morgan fingerprint density at radius 1 is 1.20 bits per heavy atom. The second-order valence-electron chi connectivity index (χ2n) is 4.69. The van der Waals surface area contributed by atoms with E-state index >= 15 is 0 Å². The van der Waals surface area contributed by atoms with Gasteiger partial charge in [0, 0.05) is 19.0 Å². The van der Waals surface area contributed by atoms with Crippen molar-refractivity contribution in [2.45, 2.75) is 12.1 Å². The zero-order chi connectivity index (χ0) is 14.9. The summed E-state index contributed by atoms with van der Waals surface area (Å²) < 4.78 is 36.7. The third kappa shape index (κ3) is 2.76. The predicted octanol–water partition coefficient (Wildman–Crippen LogP) is 1.88. The molecule has 1 N–H and O–H groups in total. The second kappa shape index (κ2) is 5.15. The first-order valence-corrected chi connectivity index (χ1v) is 5.94. The van der Waals surface area contributed by atoms with Crippen molar-refractivity contribution in [3.8, 4) is 0 Å². The molecule has 2 rings (SSSR count). The molecule has 108 valence electrons. The Labute approximate surface area is 112 Å². The lowest BCUT2D eigenvalue weighted by atomic mass is 9.81. The van der Waals surface area contributed by atoms with Gasteiger partial charge in [-0.25, -0.2) is 0 Å². The molecule has 1 aliphatic heterocycles. The van der Waals surface area contributed by atoms with Crippen LogP contribution < -0.4 is 0 Å². The fourth-order valence-electron chi connectivity index (χ4n) is 2.35.